The van der Waals surface area contributed by atoms with Crippen LogP contribution in [0.25, 0.3) is 0 Å². The number of benzene rings is 1. The molecule has 0 spiro atoms. The molecule has 2 aliphatic rings. The number of ether oxygens (including phenoxy) is 2. The van der Waals surface area contributed by atoms with Crippen LogP contribution in [0.2, 0.25) is 0 Å². The first kappa shape index (κ1) is 10.2. The Hall–Kier alpha value is -1.95. The molecule has 0 radical (unpaired) electrons. The number of nitrogens with two attached hydrogens (primary N) is 1. The zero-order chi connectivity index (χ0) is 12.0. The molecule has 2 heterocycles. The van der Waals surface area contributed by atoms with E-state index >= 15 is 0 Å². The lowest BCUT2D eigenvalue weighted by atomic mass is 10.1. The molecule has 6 nitrogen and oxygen atoms in total. The molecular formula is C11H13N3O3. The maximum Gasteiger partial charge on any atom is 0.231 e. The molecule has 1 aromatic rings. The zero-order valence-electron chi connectivity index (χ0n) is 9.64. The fourth-order valence-corrected chi connectivity index (χ4v) is 1.73. The molecule has 0 aromatic heterocycles. The molecular weight excluding hydrogens is 222 g/mol. The van der Waals surface area contributed by atoms with Crippen LogP contribution in [0.3, 0.4) is 0 Å². The van der Waals surface area contributed by atoms with E-state index in [0.717, 1.165) is 11.3 Å². The van der Waals surface area contributed by atoms with Crippen LogP contribution in [0.4, 0.5) is 0 Å². The van der Waals surface area contributed by atoms with Crippen LogP contribution < -0.4 is 15.3 Å². The normalized spacial score (nSPS) is 20.2. The van der Waals surface area contributed by atoms with Gasteiger partial charge in [-0.3, -0.25) is 0 Å². The Morgan fingerprint density at radius 3 is 2.76 bits per heavy atom. The van der Waals surface area contributed by atoms with E-state index in [9.17, 15) is 0 Å². The predicted molar refractivity (Wildman–Crippen MR) is 60.3 cm³/mol. The second-order valence-electron chi connectivity index (χ2n) is 4.39. The fourth-order valence-electron chi connectivity index (χ4n) is 1.73. The minimum atomic E-state index is -0.633. The summed E-state index contributed by atoms with van der Waals surface area (Å²) in [5.74, 6) is 7.95. The first-order valence-corrected chi connectivity index (χ1v) is 5.29. The van der Waals surface area contributed by atoms with Crippen LogP contribution in [-0.2, 0) is 4.84 Å². The van der Waals surface area contributed by atoms with E-state index < -0.39 is 5.72 Å². The summed E-state index contributed by atoms with van der Waals surface area (Å²) in [6.45, 7) is 3.94. The van der Waals surface area contributed by atoms with Gasteiger partial charge in [-0.05, 0) is 32.0 Å². The molecule has 2 aliphatic heterocycles. The largest absolute Gasteiger partial charge is 0.454 e. The summed E-state index contributed by atoms with van der Waals surface area (Å²) in [6, 6.07) is 5.54. The van der Waals surface area contributed by atoms with Gasteiger partial charge in [-0.25, -0.2) is 10.9 Å². The van der Waals surface area contributed by atoms with Gasteiger partial charge in [0.15, 0.2) is 17.3 Å². The fraction of sp³-hybridized carbons (Fsp3) is 0.364. The van der Waals surface area contributed by atoms with E-state index in [4.69, 9.17) is 20.2 Å². The highest BCUT2D eigenvalue weighted by Gasteiger charge is 2.36. The third-order valence-corrected chi connectivity index (χ3v) is 2.79. The van der Waals surface area contributed by atoms with Crippen molar-refractivity contribution in [2.24, 2.45) is 11.0 Å². The van der Waals surface area contributed by atoms with Gasteiger partial charge in [0.05, 0.1) is 0 Å². The molecule has 0 aliphatic carbocycles. The van der Waals surface area contributed by atoms with Gasteiger partial charge in [-0.1, -0.05) is 5.16 Å². The lowest BCUT2D eigenvalue weighted by Crippen LogP contribution is -2.48. The maximum absolute atomic E-state index is 5.94. The van der Waals surface area contributed by atoms with Gasteiger partial charge in [-0.2, -0.15) is 0 Å². The van der Waals surface area contributed by atoms with E-state index in [-0.39, 0.29) is 6.79 Å². The standard InChI is InChI=1S/C11H13N3O3/c1-11(2)14(12)10(13-17-11)7-3-4-8-9(5-7)16-6-15-8/h3-5H,6,12H2,1-2H3. The van der Waals surface area contributed by atoms with E-state index in [1.165, 1.54) is 5.01 Å². The second kappa shape index (κ2) is 3.27. The van der Waals surface area contributed by atoms with Crippen molar-refractivity contribution >= 4 is 5.84 Å². The van der Waals surface area contributed by atoms with E-state index in [1.807, 2.05) is 32.0 Å². The highest BCUT2D eigenvalue weighted by molar-refractivity contribution is 5.99. The van der Waals surface area contributed by atoms with Gasteiger partial charge in [0.1, 0.15) is 0 Å². The summed E-state index contributed by atoms with van der Waals surface area (Å²) < 4.78 is 10.6. The predicted octanol–water partition coefficient (Wildman–Crippen LogP) is 1.02. The Kier molecular flexibility index (Phi) is 1.97. The summed E-state index contributed by atoms with van der Waals surface area (Å²) in [7, 11) is 0. The molecule has 0 fully saturated rings. The highest BCUT2D eigenvalue weighted by Crippen LogP contribution is 2.34. The van der Waals surface area contributed by atoms with Gasteiger partial charge in [0.25, 0.3) is 0 Å². The van der Waals surface area contributed by atoms with Crippen LogP contribution in [-0.4, -0.2) is 23.4 Å². The van der Waals surface area contributed by atoms with Crippen LogP contribution in [0.5, 0.6) is 11.5 Å². The third-order valence-electron chi connectivity index (χ3n) is 2.79. The Bertz CT molecular complexity index is 499. The maximum atomic E-state index is 5.94. The Balaban J connectivity index is 1.96. The van der Waals surface area contributed by atoms with E-state index in [2.05, 4.69) is 5.16 Å². The first-order chi connectivity index (χ1) is 8.08. The van der Waals surface area contributed by atoms with Gasteiger partial charge in [0, 0.05) is 5.56 Å². The monoisotopic (exact) mass is 235 g/mol. The average Bonchev–Trinajstić information content (AvgIpc) is 2.84. The molecule has 90 valence electrons. The molecule has 0 unspecified atom stereocenters. The minimum Gasteiger partial charge on any atom is -0.454 e. The molecule has 0 atom stereocenters. The van der Waals surface area contributed by atoms with Crippen molar-refractivity contribution < 1.29 is 14.3 Å². The van der Waals surface area contributed by atoms with Crippen LogP contribution in [0.15, 0.2) is 23.4 Å². The Labute approximate surface area is 98.5 Å². The summed E-state index contributed by atoms with van der Waals surface area (Å²) in [5.41, 5.74) is 0.202. The molecule has 17 heavy (non-hydrogen) atoms. The summed E-state index contributed by atoms with van der Waals surface area (Å²) >= 11 is 0. The smallest absolute Gasteiger partial charge is 0.231 e. The van der Waals surface area contributed by atoms with Crippen LogP contribution >= 0.6 is 0 Å². The van der Waals surface area contributed by atoms with E-state index in [1.54, 1.807) is 0 Å². The zero-order valence-corrected chi connectivity index (χ0v) is 9.64. The van der Waals surface area contributed by atoms with Crippen molar-refractivity contribution in [1.29, 1.82) is 0 Å². The van der Waals surface area contributed by atoms with Crippen LogP contribution in [0, 0.1) is 0 Å². The summed E-state index contributed by atoms with van der Waals surface area (Å²) in [6.07, 6.45) is 0. The number of hydrazine groups is 1. The third kappa shape index (κ3) is 1.49. The molecule has 0 saturated carbocycles. The average molecular weight is 235 g/mol. The van der Waals surface area contributed by atoms with Crippen molar-refractivity contribution in [3.63, 3.8) is 0 Å². The number of nitrogens with zero attached hydrogens (tertiary/aromatic N) is 2. The highest BCUT2D eigenvalue weighted by atomic mass is 16.7. The number of amidine groups is 1. The molecule has 0 saturated heterocycles. The van der Waals surface area contributed by atoms with Crippen molar-refractivity contribution in [3.8, 4) is 11.5 Å². The Morgan fingerprint density at radius 2 is 2.06 bits per heavy atom. The van der Waals surface area contributed by atoms with Gasteiger partial charge < -0.3 is 14.3 Å². The lowest BCUT2D eigenvalue weighted by Gasteiger charge is -2.26. The quantitative estimate of drug-likeness (QED) is 0.736. The number of hydrogen-bond acceptors (Lipinski definition) is 6. The number of hydrogen-bond donors (Lipinski definition) is 1. The van der Waals surface area contributed by atoms with Gasteiger partial charge >= 0.3 is 0 Å². The van der Waals surface area contributed by atoms with Crippen LogP contribution in [0.1, 0.15) is 19.4 Å². The molecule has 6 heteroatoms. The summed E-state index contributed by atoms with van der Waals surface area (Å²) in [5, 5.41) is 5.48. The van der Waals surface area contributed by atoms with Gasteiger partial charge in [0.2, 0.25) is 12.5 Å². The second-order valence-corrected chi connectivity index (χ2v) is 4.39. The number of fused-ring (bicyclic) bond motifs is 1. The summed E-state index contributed by atoms with van der Waals surface area (Å²) in [4.78, 5) is 5.26. The first-order valence-electron chi connectivity index (χ1n) is 5.29. The molecule has 1 aromatic carbocycles. The van der Waals surface area contributed by atoms with E-state index in [0.29, 0.717) is 11.6 Å². The molecule has 0 amide bonds. The molecule has 3 rings (SSSR count). The number of rotatable bonds is 1. The minimum absolute atomic E-state index is 0.250. The Morgan fingerprint density at radius 1 is 1.29 bits per heavy atom. The lowest BCUT2D eigenvalue weighted by molar-refractivity contribution is -0.0691. The van der Waals surface area contributed by atoms with Gasteiger partial charge in [-0.15, -0.1) is 0 Å². The SMILES string of the molecule is CC1(C)ON=C(c2ccc3c(c2)OCO3)N1N. The number of oxime groups is 1. The molecule has 0 bridgehead atoms. The van der Waals surface area contributed by atoms with Crippen molar-refractivity contribution in [3.05, 3.63) is 23.8 Å². The van der Waals surface area contributed by atoms with Crippen molar-refractivity contribution in [2.45, 2.75) is 19.6 Å². The molecule has 2 N–H and O–H groups in total. The topological polar surface area (TPSA) is 69.3 Å². The van der Waals surface area contributed by atoms with Crippen molar-refractivity contribution in [1.82, 2.24) is 5.01 Å². The van der Waals surface area contributed by atoms with Crippen molar-refractivity contribution in [2.75, 3.05) is 6.79 Å².